The molecule has 0 aliphatic heterocycles. The lowest BCUT2D eigenvalue weighted by atomic mass is 9.99. The van der Waals surface area contributed by atoms with Gasteiger partial charge in [-0.05, 0) is 36.2 Å². The van der Waals surface area contributed by atoms with Gasteiger partial charge in [-0.1, -0.05) is 35.9 Å². The Morgan fingerprint density at radius 1 is 0.974 bits per heavy atom. The van der Waals surface area contributed by atoms with E-state index in [1.54, 1.807) is 18.3 Å². The lowest BCUT2D eigenvalue weighted by Gasteiger charge is -2.18. The third-order valence-electron chi connectivity index (χ3n) is 5.80. The molecular formula is C26H19ClF5N3O3. The van der Waals surface area contributed by atoms with E-state index in [4.69, 9.17) is 16.7 Å². The van der Waals surface area contributed by atoms with Crippen molar-refractivity contribution in [3.05, 3.63) is 94.8 Å². The van der Waals surface area contributed by atoms with E-state index in [1.807, 2.05) is 0 Å². The highest BCUT2D eigenvalue weighted by molar-refractivity contribution is 6.31. The first kappa shape index (κ1) is 27.2. The normalized spacial score (nSPS) is 12.3. The highest BCUT2D eigenvalue weighted by Gasteiger charge is 2.23. The summed E-state index contributed by atoms with van der Waals surface area (Å²) in [5.41, 5.74) is 0.877. The molecule has 0 amide bonds. The van der Waals surface area contributed by atoms with Crippen LogP contribution in [-0.2, 0) is 4.74 Å². The minimum Gasteiger partial charge on any atom is -0.478 e. The number of hydrogen-bond donors (Lipinski definition) is 1. The zero-order chi connectivity index (χ0) is 27.4. The van der Waals surface area contributed by atoms with Crippen molar-refractivity contribution >= 4 is 17.6 Å². The van der Waals surface area contributed by atoms with Crippen molar-refractivity contribution in [3.63, 3.8) is 0 Å². The van der Waals surface area contributed by atoms with Crippen molar-refractivity contribution in [3.8, 4) is 22.3 Å². The number of aromatic carboxylic acids is 1. The van der Waals surface area contributed by atoms with Crippen molar-refractivity contribution < 1.29 is 36.6 Å². The molecule has 4 aromatic rings. The molecule has 0 spiro atoms. The quantitative estimate of drug-likeness (QED) is 0.210. The fourth-order valence-electron chi connectivity index (χ4n) is 3.94. The fraction of sp³-hybridized carbons (Fsp3) is 0.192. The summed E-state index contributed by atoms with van der Waals surface area (Å²) < 4.78 is 72.8. The molecule has 12 heteroatoms. The molecule has 1 atom stereocenters. The Bertz CT molecular complexity index is 1410. The number of aromatic nitrogens is 3. The van der Waals surface area contributed by atoms with Gasteiger partial charge in [0.2, 0.25) is 0 Å². The number of alkyl halides is 4. The largest absolute Gasteiger partial charge is 0.478 e. The lowest BCUT2D eigenvalue weighted by Crippen LogP contribution is -2.16. The van der Waals surface area contributed by atoms with E-state index in [0.717, 1.165) is 12.1 Å². The first-order chi connectivity index (χ1) is 18.2. The molecule has 2 heterocycles. The first-order valence-electron chi connectivity index (χ1n) is 11.2. The predicted molar refractivity (Wildman–Crippen MR) is 129 cm³/mol. The Balaban J connectivity index is 1.67. The first-order valence-corrected chi connectivity index (χ1v) is 11.5. The average molecular weight is 552 g/mol. The summed E-state index contributed by atoms with van der Waals surface area (Å²) in [6.07, 6.45) is 1.42. The third kappa shape index (κ3) is 6.00. The molecule has 0 saturated carbocycles. The molecule has 0 aliphatic rings. The number of benzene rings is 2. The van der Waals surface area contributed by atoms with E-state index in [0.29, 0.717) is 16.8 Å². The molecule has 4 rings (SSSR count). The van der Waals surface area contributed by atoms with Crippen LogP contribution in [0, 0.1) is 5.82 Å². The molecule has 6 nitrogen and oxygen atoms in total. The number of pyridine rings is 1. The van der Waals surface area contributed by atoms with Crippen LogP contribution in [0.2, 0.25) is 5.02 Å². The summed E-state index contributed by atoms with van der Waals surface area (Å²) in [4.78, 5) is 15.4. The molecule has 2 aromatic carbocycles. The van der Waals surface area contributed by atoms with Crippen LogP contribution in [0.1, 0.15) is 40.5 Å². The Morgan fingerprint density at radius 2 is 1.68 bits per heavy atom. The second-order valence-electron chi connectivity index (χ2n) is 8.13. The van der Waals surface area contributed by atoms with Gasteiger partial charge in [-0.25, -0.2) is 18.0 Å². The standard InChI is InChI=1S/C26H19ClF5N3O3/c27-19-7-6-18(24(29)30)22(23(19)28)16-5-8-20(33-11-16)21(9-10-38-26(31)32)35-13-17(12-34-35)14-1-3-15(4-2-14)25(36)37/h1-8,11-13,21,24,26H,9-10H2,(H,36,37)/t21-/m1/s1. The summed E-state index contributed by atoms with van der Waals surface area (Å²) in [6, 6.07) is 10.3. The second-order valence-corrected chi connectivity index (χ2v) is 8.53. The van der Waals surface area contributed by atoms with E-state index in [2.05, 4.69) is 14.8 Å². The van der Waals surface area contributed by atoms with Gasteiger partial charge >= 0.3 is 12.6 Å². The molecule has 0 radical (unpaired) electrons. The van der Waals surface area contributed by atoms with Gasteiger partial charge in [0.1, 0.15) is 5.82 Å². The maximum Gasteiger partial charge on any atom is 0.345 e. The summed E-state index contributed by atoms with van der Waals surface area (Å²) in [7, 11) is 0. The minimum absolute atomic E-state index is 0.0313. The fourth-order valence-corrected chi connectivity index (χ4v) is 4.10. The van der Waals surface area contributed by atoms with Crippen molar-refractivity contribution in [1.29, 1.82) is 0 Å². The topological polar surface area (TPSA) is 77.2 Å². The highest BCUT2D eigenvalue weighted by Crippen LogP contribution is 2.36. The maximum absolute atomic E-state index is 14.7. The van der Waals surface area contributed by atoms with Crippen molar-refractivity contribution in [2.45, 2.75) is 25.5 Å². The summed E-state index contributed by atoms with van der Waals surface area (Å²) in [6.45, 7) is -3.32. The van der Waals surface area contributed by atoms with Crippen LogP contribution in [0.3, 0.4) is 0 Å². The molecule has 0 saturated heterocycles. The van der Waals surface area contributed by atoms with Crippen molar-refractivity contribution in [2.24, 2.45) is 0 Å². The number of hydrogen-bond acceptors (Lipinski definition) is 4. The number of nitrogens with zero attached hydrogens (tertiary/aromatic N) is 3. The molecule has 0 bridgehead atoms. The van der Waals surface area contributed by atoms with Gasteiger partial charge in [0.25, 0.3) is 6.43 Å². The van der Waals surface area contributed by atoms with Crippen molar-refractivity contribution in [1.82, 2.24) is 14.8 Å². The predicted octanol–water partition coefficient (Wildman–Crippen LogP) is 7.26. The molecule has 0 fully saturated rings. The van der Waals surface area contributed by atoms with E-state index < -0.39 is 36.4 Å². The van der Waals surface area contributed by atoms with Gasteiger partial charge in [0.05, 0.1) is 35.1 Å². The third-order valence-corrected chi connectivity index (χ3v) is 6.09. The highest BCUT2D eigenvalue weighted by atomic mass is 35.5. The van der Waals surface area contributed by atoms with E-state index in [-0.39, 0.29) is 34.7 Å². The van der Waals surface area contributed by atoms with E-state index >= 15 is 0 Å². The van der Waals surface area contributed by atoms with Gasteiger partial charge in [-0.15, -0.1) is 0 Å². The van der Waals surface area contributed by atoms with Crippen LogP contribution >= 0.6 is 11.6 Å². The second kappa shape index (κ2) is 11.7. The van der Waals surface area contributed by atoms with Gasteiger partial charge < -0.3 is 9.84 Å². The van der Waals surface area contributed by atoms with Crippen LogP contribution < -0.4 is 0 Å². The lowest BCUT2D eigenvalue weighted by molar-refractivity contribution is -0.130. The summed E-state index contributed by atoms with van der Waals surface area (Å²) in [5.74, 6) is -2.08. The zero-order valence-corrected chi connectivity index (χ0v) is 20.1. The number of rotatable bonds is 10. The molecule has 2 aromatic heterocycles. The minimum atomic E-state index is -2.98. The number of carboxylic acid groups (broad SMARTS) is 1. The van der Waals surface area contributed by atoms with Crippen LogP contribution in [0.4, 0.5) is 22.0 Å². The Kier molecular flexibility index (Phi) is 8.38. The van der Waals surface area contributed by atoms with E-state index in [9.17, 15) is 26.7 Å². The molecule has 1 N–H and O–H groups in total. The number of ether oxygens (including phenoxy) is 1. The average Bonchev–Trinajstić information content (AvgIpc) is 3.38. The molecular weight excluding hydrogens is 533 g/mol. The molecule has 0 unspecified atom stereocenters. The number of halogens is 6. The number of carboxylic acids is 1. The van der Waals surface area contributed by atoms with Gasteiger partial charge in [0.15, 0.2) is 0 Å². The van der Waals surface area contributed by atoms with Crippen LogP contribution in [0.15, 0.2) is 67.1 Å². The Labute approximate surface area is 218 Å². The van der Waals surface area contributed by atoms with Crippen molar-refractivity contribution in [2.75, 3.05) is 6.61 Å². The van der Waals surface area contributed by atoms with Gasteiger partial charge in [-0.3, -0.25) is 9.67 Å². The summed E-state index contributed by atoms with van der Waals surface area (Å²) in [5, 5.41) is 13.1. The van der Waals surface area contributed by atoms with Crippen LogP contribution in [-0.4, -0.2) is 39.1 Å². The van der Waals surface area contributed by atoms with Gasteiger partial charge in [0, 0.05) is 34.6 Å². The number of carbonyl (C=O) groups is 1. The van der Waals surface area contributed by atoms with Crippen LogP contribution in [0.5, 0.6) is 0 Å². The molecule has 198 valence electrons. The molecule has 0 aliphatic carbocycles. The molecule has 38 heavy (non-hydrogen) atoms. The smallest absolute Gasteiger partial charge is 0.345 e. The Morgan fingerprint density at radius 3 is 2.29 bits per heavy atom. The monoisotopic (exact) mass is 551 g/mol. The van der Waals surface area contributed by atoms with Crippen LogP contribution in [0.25, 0.3) is 22.3 Å². The van der Waals surface area contributed by atoms with E-state index in [1.165, 1.54) is 41.3 Å². The summed E-state index contributed by atoms with van der Waals surface area (Å²) >= 11 is 5.81. The zero-order valence-electron chi connectivity index (χ0n) is 19.4. The maximum atomic E-state index is 14.7. The SMILES string of the molecule is O=C(O)c1ccc(-c2cnn([C@H](CCOC(F)F)c3ccc(-c4c(C(F)F)ccc(Cl)c4F)cn3)c2)cc1. The van der Waals surface area contributed by atoms with Gasteiger partial charge in [-0.2, -0.15) is 13.9 Å². The Hall–Kier alpha value is -3.83.